The fourth-order valence-electron chi connectivity index (χ4n) is 3.64. The zero-order chi connectivity index (χ0) is 16.6. The van der Waals surface area contributed by atoms with Gasteiger partial charge in [0, 0.05) is 18.9 Å². The van der Waals surface area contributed by atoms with E-state index in [2.05, 4.69) is 37.7 Å². The van der Waals surface area contributed by atoms with Crippen molar-refractivity contribution in [3.63, 3.8) is 0 Å². The Balaban J connectivity index is 2.17. The minimum Gasteiger partial charge on any atom is -0.497 e. The van der Waals surface area contributed by atoms with E-state index in [1.165, 1.54) is 0 Å². The Bertz CT molecular complexity index is 605. The van der Waals surface area contributed by atoms with Crippen molar-refractivity contribution in [2.24, 2.45) is 0 Å². The van der Waals surface area contributed by atoms with E-state index < -0.39 is 10.0 Å². The van der Waals surface area contributed by atoms with Gasteiger partial charge in [-0.3, -0.25) is 0 Å². The second-order valence-electron chi connectivity index (χ2n) is 7.52. The van der Waals surface area contributed by atoms with E-state index in [9.17, 15) is 8.42 Å². The maximum Gasteiger partial charge on any atom is 0.240 e. The Kier molecular flexibility index (Phi) is 4.57. The molecule has 0 aromatic heterocycles. The first-order valence-corrected chi connectivity index (χ1v) is 9.05. The Labute approximate surface area is 133 Å². The molecule has 124 valence electrons. The van der Waals surface area contributed by atoms with Gasteiger partial charge in [0.15, 0.2) is 0 Å². The second-order valence-corrected chi connectivity index (χ2v) is 9.24. The Morgan fingerprint density at radius 2 is 1.59 bits per heavy atom. The van der Waals surface area contributed by atoms with E-state index in [-0.39, 0.29) is 22.0 Å². The number of nitrogens with one attached hydrogen (secondary N) is 1. The lowest BCUT2D eigenvalue weighted by Gasteiger charge is -2.43. The number of ether oxygens (including phenoxy) is 1. The number of methoxy groups -OCH3 is 1. The monoisotopic (exact) mass is 327 g/mol. The van der Waals surface area contributed by atoms with Crippen LogP contribution >= 0.6 is 0 Å². The van der Waals surface area contributed by atoms with Gasteiger partial charge in [-0.25, -0.2) is 13.1 Å². The molecule has 1 aromatic carbocycles. The standard InChI is InChI=1S/C16H26N2O3S/c1-15(2)10-12(11-16(3,4)18-15)17-22(19,20)14-8-6-13(21-5)7-9-14/h6-9,12,17-18H,10-11H2,1-5H3/p+1. The molecule has 0 radical (unpaired) electrons. The summed E-state index contributed by atoms with van der Waals surface area (Å²) in [4.78, 5) is 0.276. The maximum atomic E-state index is 12.6. The highest BCUT2D eigenvalue weighted by molar-refractivity contribution is 7.89. The van der Waals surface area contributed by atoms with Crippen molar-refractivity contribution in [2.45, 2.75) is 62.6 Å². The molecule has 0 aliphatic carbocycles. The van der Waals surface area contributed by atoms with Gasteiger partial charge < -0.3 is 10.1 Å². The number of benzene rings is 1. The predicted molar refractivity (Wildman–Crippen MR) is 86.4 cm³/mol. The zero-order valence-electron chi connectivity index (χ0n) is 14.0. The summed E-state index contributed by atoms with van der Waals surface area (Å²) in [7, 11) is -1.94. The Morgan fingerprint density at radius 3 is 2.05 bits per heavy atom. The van der Waals surface area contributed by atoms with Gasteiger partial charge in [-0.15, -0.1) is 0 Å². The first-order valence-electron chi connectivity index (χ1n) is 7.56. The molecule has 1 aromatic rings. The van der Waals surface area contributed by atoms with Crippen LogP contribution in [0.25, 0.3) is 0 Å². The molecule has 1 aliphatic rings. The van der Waals surface area contributed by atoms with Crippen molar-refractivity contribution in [1.82, 2.24) is 4.72 Å². The molecule has 0 atom stereocenters. The molecule has 6 heteroatoms. The minimum atomic E-state index is -3.50. The molecule has 1 fully saturated rings. The van der Waals surface area contributed by atoms with Crippen LogP contribution in [-0.4, -0.2) is 32.6 Å². The van der Waals surface area contributed by atoms with Gasteiger partial charge in [0.2, 0.25) is 10.0 Å². The third-order valence-electron chi connectivity index (χ3n) is 4.02. The van der Waals surface area contributed by atoms with Crippen LogP contribution in [0.5, 0.6) is 5.75 Å². The third kappa shape index (κ3) is 4.21. The van der Waals surface area contributed by atoms with E-state index in [0.717, 1.165) is 12.8 Å². The smallest absolute Gasteiger partial charge is 0.240 e. The molecular weight excluding hydrogens is 300 g/mol. The highest BCUT2D eigenvalue weighted by Crippen LogP contribution is 2.24. The van der Waals surface area contributed by atoms with Crippen LogP contribution in [0, 0.1) is 0 Å². The largest absolute Gasteiger partial charge is 0.497 e. The normalized spacial score (nSPS) is 21.5. The molecule has 2 rings (SSSR count). The molecule has 3 N–H and O–H groups in total. The van der Waals surface area contributed by atoms with Crippen molar-refractivity contribution in [2.75, 3.05) is 7.11 Å². The molecular formula is C16H27N2O3S+. The van der Waals surface area contributed by atoms with Crippen LogP contribution in [0.2, 0.25) is 0 Å². The summed E-state index contributed by atoms with van der Waals surface area (Å²) in [5.74, 6) is 0.647. The first kappa shape index (κ1) is 17.2. The summed E-state index contributed by atoms with van der Waals surface area (Å²) in [5, 5.41) is 2.33. The average molecular weight is 327 g/mol. The quantitative estimate of drug-likeness (QED) is 0.874. The van der Waals surface area contributed by atoms with Gasteiger partial charge in [-0.05, 0) is 52.0 Å². The minimum absolute atomic E-state index is 0.0227. The lowest BCUT2D eigenvalue weighted by molar-refractivity contribution is -0.787. The number of quaternary nitrogens is 1. The number of hydrogen-bond acceptors (Lipinski definition) is 3. The summed E-state index contributed by atoms with van der Waals surface area (Å²) in [5.41, 5.74) is 0.0453. The first-order chi connectivity index (χ1) is 10.0. The van der Waals surface area contributed by atoms with Crippen LogP contribution in [0.4, 0.5) is 0 Å². The Morgan fingerprint density at radius 1 is 1.09 bits per heavy atom. The van der Waals surface area contributed by atoms with Gasteiger partial charge in [-0.2, -0.15) is 0 Å². The van der Waals surface area contributed by atoms with Crippen molar-refractivity contribution in [3.8, 4) is 5.75 Å². The van der Waals surface area contributed by atoms with Crippen LogP contribution in [0.15, 0.2) is 29.2 Å². The van der Waals surface area contributed by atoms with Gasteiger partial charge >= 0.3 is 0 Å². The van der Waals surface area contributed by atoms with Crippen molar-refractivity contribution in [1.29, 1.82) is 0 Å². The molecule has 5 nitrogen and oxygen atoms in total. The van der Waals surface area contributed by atoms with E-state index in [1.807, 2.05) is 0 Å². The average Bonchev–Trinajstić information content (AvgIpc) is 2.34. The highest BCUT2D eigenvalue weighted by atomic mass is 32.2. The summed E-state index contributed by atoms with van der Waals surface area (Å²) < 4.78 is 33.1. The molecule has 0 amide bonds. The topological polar surface area (TPSA) is 72.0 Å². The molecule has 0 spiro atoms. The number of rotatable bonds is 4. The zero-order valence-corrected chi connectivity index (χ0v) is 14.8. The number of piperidine rings is 1. The van der Waals surface area contributed by atoms with Crippen LogP contribution in [-0.2, 0) is 10.0 Å². The third-order valence-corrected chi connectivity index (χ3v) is 5.55. The Hall–Kier alpha value is -1.11. The fraction of sp³-hybridized carbons (Fsp3) is 0.625. The highest BCUT2D eigenvalue weighted by Gasteiger charge is 2.42. The maximum absolute atomic E-state index is 12.6. The number of nitrogens with two attached hydrogens (primary N) is 1. The lowest BCUT2D eigenvalue weighted by Crippen LogP contribution is -3.06. The van der Waals surface area contributed by atoms with E-state index in [0.29, 0.717) is 5.75 Å². The second kappa shape index (κ2) is 5.83. The molecule has 1 saturated heterocycles. The lowest BCUT2D eigenvalue weighted by atomic mass is 9.80. The predicted octanol–water partition coefficient (Wildman–Crippen LogP) is 1.26. The van der Waals surface area contributed by atoms with Gasteiger partial charge in [-0.1, -0.05) is 0 Å². The van der Waals surface area contributed by atoms with Gasteiger partial charge in [0.1, 0.15) is 5.75 Å². The van der Waals surface area contributed by atoms with E-state index in [1.54, 1.807) is 31.4 Å². The fourth-order valence-corrected chi connectivity index (χ4v) is 4.88. The SMILES string of the molecule is COc1ccc(S(=O)(=O)NC2CC(C)(C)[NH2+]C(C)(C)C2)cc1. The molecule has 0 bridgehead atoms. The summed E-state index contributed by atoms with van der Waals surface area (Å²) >= 11 is 0. The van der Waals surface area contributed by atoms with E-state index >= 15 is 0 Å². The van der Waals surface area contributed by atoms with Crippen LogP contribution in [0.3, 0.4) is 0 Å². The van der Waals surface area contributed by atoms with Crippen LogP contribution in [0.1, 0.15) is 40.5 Å². The molecule has 1 heterocycles. The molecule has 1 aliphatic heterocycles. The summed E-state index contributed by atoms with van der Waals surface area (Å²) in [6, 6.07) is 6.43. The van der Waals surface area contributed by atoms with Crippen molar-refractivity contribution < 1.29 is 18.5 Å². The van der Waals surface area contributed by atoms with Gasteiger partial charge in [0.25, 0.3) is 0 Å². The van der Waals surface area contributed by atoms with Crippen LogP contribution < -0.4 is 14.8 Å². The number of sulfonamides is 1. The molecule has 0 unspecified atom stereocenters. The van der Waals surface area contributed by atoms with Crippen molar-refractivity contribution >= 4 is 10.0 Å². The molecule has 0 saturated carbocycles. The number of hydrogen-bond donors (Lipinski definition) is 2. The summed E-state index contributed by atoms with van der Waals surface area (Å²) in [6.07, 6.45) is 1.62. The van der Waals surface area contributed by atoms with Crippen molar-refractivity contribution in [3.05, 3.63) is 24.3 Å². The van der Waals surface area contributed by atoms with Gasteiger partial charge in [0.05, 0.1) is 23.1 Å². The summed E-state index contributed by atoms with van der Waals surface area (Å²) in [6.45, 7) is 8.62. The van der Waals surface area contributed by atoms with E-state index in [4.69, 9.17) is 4.74 Å². The molecule has 22 heavy (non-hydrogen) atoms.